The molecule has 2 rings (SSSR count). The summed E-state index contributed by atoms with van der Waals surface area (Å²) >= 11 is 0. The van der Waals surface area contributed by atoms with Gasteiger partial charge in [-0.05, 0) is 38.1 Å². The summed E-state index contributed by atoms with van der Waals surface area (Å²) in [6.45, 7) is 2.71. The van der Waals surface area contributed by atoms with Gasteiger partial charge in [0, 0.05) is 12.6 Å². The molecule has 2 aliphatic carbocycles. The van der Waals surface area contributed by atoms with Crippen molar-refractivity contribution >= 4 is 0 Å². The first-order chi connectivity index (χ1) is 7.90. The van der Waals surface area contributed by atoms with Crippen molar-refractivity contribution < 1.29 is 4.74 Å². The highest BCUT2D eigenvalue weighted by molar-refractivity contribution is 4.83. The van der Waals surface area contributed by atoms with E-state index in [1.807, 2.05) is 0 Å². The molecule has 94 valence electrons. The molecule has 0 saturated heterocycles. The van der Waals surface area contributed by atoms with E-state index in [1.54, 1.807) is 0 Å². The number of ether oxygens (including phenoxy) is 1. The van der Waals surface area contributed by atoms with Gasteiger partial charge in [0.05, 0.1) is 12.7 Å². The Balaban J connectivity index is 1.53. The molecule has 2 atom stereocenters. The van der Waals surface area contributed by atoms with Crippen LogP contribution in [0.3, 0.4) is 0 Å². The second-order valence-corrected chi connectivity index (χ2v) is 5.26. The Hall–Kier alpha value is -0.120. The molecule has 3 N–H and O–H groups in total. The molecule has 0 aromatic heterocycles. The monoisotopic (exact) mass is 226 g/mol. The lowest BCUT2D eigenvalue weighted by atomic mass is 10.0. The predicted octanol–water partition coefficient (Wildman–Crippen LogP) is 1.66. The van der Waals surface area contributed by atoms with E-state index in [1.165, 1.54) is 44.9 Å². The van der Waals surface area contributed by atoms with Crippen LogP contribution in [0.15, 0.2) is 0 Å². The van der Waals surface area contributed by atoms with Crippen LogP contribution in [0.5, 0.6) is 0 Å². The molecule has 3 nitrogen and oxygen atoms in total. The minimum absolute atomic E-state index is 0.552. The van der Waals surface area contributed by atoms with Gasteiger partial charge in [0.2, 0.25) is 0 Å². The fourth-order valence-electron chi connectivity index (χ4n) is 3.11. The average molecular weight is 226 g/mol. The van der Waals surface area contributed by atoms with Crippen LogP contribution in [0.25, 0.3) is 0 Å². The third-order valence-electron chi connectivity index (χ3n) is 4.13. The van der Waals surface area contributed by atoms with Crippen LogP contribution >= 0.6 is 0 Å². The minimum Gasteiger partial charge on any atom is -0.377 e. The summed E-state index contributed by atoms with van der Waals surface area (Å²) in [5.74, 6) is 0.700. The molecule has 0 radical (unpaired) electrons. The first kappa shape index (κ1) is 12.3. The Labute approximate surface area is 99.1 Å². The van der Waals surface area contributed by atoms with Crippen molar-refractivity contribution in [2.24, 2.45) is 11.7 Å². The van der Waals surface area contributed by atoms with Gasteiger partial charge >= 0.3 is 0 Å². The van der Waals surface area contributed by atoms with E-state index in [4.69, 9.17) is 10.5 Å². The summed E-state index contributed by atoms with van der Waals surface area (Å²) in [4.78, 5) is 0. The third kappa shape index (κ3) is 3.44. The lowest BCUT2D eigenvalue weighted by molar-refractivity contribution is 0.0585. The molecule has 3 heteroatoms. The van der Waals surface area contributed by atoms with Crippen LogP contribution < -0.4 is 11.1 Å². The highest BCUT2D eigenvalue weighted by atomic mass is 16.5. The molecule has 0 amide bonds. The van der Waals surface area contributed by atoms with Gasteiger partial charge in [-0.25, -0.2) is 0 Å². The fourth-order valence-corrected chi connectivity index (χ4v) is 3.11. The maximum atomic E-state index is 5.84. The van der Waals surface area contributed by atoms with Crippen LogP contribution in [0.4, 0.5) is 0 Å². The molecule has 0 aliphatic heterocycles. The fraction of sp³-hybridized carbons (Fsp3) is 1.00. The van der Waals surface area contributed by atoms with E-state index in [0.29, 0.717) is 18.1 Å². The zero-order chi connectivity index (χ0) is 11.2. The SMILES string of the molecule is NCC1CCCC1NCCOC1CCCC1. The number of nitrogens with one attached hydrogen (secondary N) is 1. The summed E-state index contributed by atoms with van der Waals surface area (Å²) < 4.78 is 5.84. The van der Waals surface area contributed by atoms with E-state index < -0.39 is 0 Å². The van der Waals surface area contributed by atoms with Crippen molar-refractivity contribution in [3.8, 4) is 0 Å². The van der Waals surface area contributed by atoms with E-state index in [-0.39, 0.29) is 0 Å². The summed E-state index contributed by atoms with van der Waals surface area (Å²) in [5.41, 5.74) is 5.76. The summed E-state index contributed by atoms with van der Waals surface area (Å²) in [6, 6.07) is 0.650. The Morgan fingerprint density at radius 2 is 1.88 bits per heavy atom. The average Bonchev–Trinajstić information content (AvgIpc) is 2.95. The zero-order valence-electron chi connectivity index (χ0n) is 10.3. The van der Waals surface area contributed by atoms with E-state index in [2.05, 4.69) is 5.32 Å². The predicted molar refractivity (Wildman–Crippen MR) is 66.4 cm³/mol. The highest BCUT2D eigenvalue weighted by Gasteiger charge is 2.25. The molecular formula is C13H26N2O. The van der Waals surface area contributed by atoms with Crippen LogP contribution in [-0.4, -0.2) is 31.8 Å². The summed E-state index contributed by atoms with van der Waals surface area (Å²) in [7, 11) is 0. The van der Waals surface area contributed by atoms with Crippen molar-refractivity contribution in [3.63, 3.8) is 0 Å². The Morgan fingerprint density at radius 3 is 2.62 bits per heavy atom. The van der Waals surface area contributed by atoms with Gasteiger partial charge in [0.25, 0.3) is 0 Å². The van der Waals surface area contributed by atoms with E-state index in [0.717, 1.165) is 19.7 Å². The first-order valence-electron chi connectivity index (χ1n) is 6.95. The van der Waals surface area contributed by atoms with Gasteiger partial charge in [0.15, 0.2) is 0 Å². The van der Waals surface area contributed by atoms with Gasteiger partial charge in [-0.2, -0.15) is 0 Å². The lowest BCUT2D eigenvalue weighted by Gasteiger charge is -2.20. The Kier molecular flexibility index (Phi) is 5.07. The van der Waals surface area contributed by atoms with Gasteiger partial charge in [0.1, 0.15) is 0 Å². The van der Waals surface area contributed by atoms with Crippen LogP contribution in [0.1, 0.15) is 44.9 Å². The van der Waals surface area contributed by atoms with Crippen LogP contribution in [0.2, 0.25) is 0 Å². The van der Waals surface area contributed by atoms with Gasteiger partial charge in [-0.3, -0.25) is 0 Å². The van der Waals surface area contributed by atoms with E-state index >= 15 is 0 Å². The van der Waals surface area contributed by atoms with Gasteiger partial charge in [-0.15, -0.1) is 0 Å². The molecule has 2 aliphatic rings. The second-order valence-electron chi connectivity index (χ2n) is 5.26. The van der Waals surface area contributed by atoms with Crippen molar-refractivity contribution in [1.29, 1.82) is 0 Å². The molecule has 0 bridgehead atoms. The van der Waals surface area contributed by atoms with Gasteiger partial charge < -0.3 is 15.8 Å². The zero-order valence-corrected chi connectivity index (χ0v) is 10.3. The molecule has 0 aromatic carbocycles. The van der Waals surface area contributed by atoms with Crippen molar-refractivity contribution in [2.45, 2.75) is 57.1 Å². The molecule has 16 heavy (non-hydrogen) atoms. The molecule has 2 unspecified atom stereocenters. The summed E-state index contributed by atoms with van der Waals surface area (Å²) in [5, 5.41) is 3.60. The van der Waals surface area contributed by atoms with Crippen LogP contribution in [-0.2, 0) is 4.74 Å². The maximum absolute atomic E-state index is 5.84. The largest absolute Gasteiger partial charge is 0.377 e. The van der Waals surface area contributed by atoms with Crippen molar-refractivity contribution in [2.75, 3.05) is 19.7 Å². The molecular weight excluding hydrogens is 200 g/mol. The lowest BCUT2D eigenvalue weighted by Crippen LogP contribution is -2.38. The first-order valence-corrected chi connectivity index (χ1v) is 6.95. The second kappa shape index (κ2) is 6.58. The molecule has 0 aromatic rings. The quantitative estimate of drug-likeness (QED) is 0.677. The summed E-state index contributed by atoms with van der Waals surface area (Å²) in [6.07, 6.45) is 9.75. The highest BCUT2D eigenvalue weighted by Crippen LogP contribution is 2.24. The number of hydrogen-bond acceptors (Lipinski definition) is 3. The van der Waals surface area contributed by atoms with Gasteiger partial charge in [-0.1, -0.05) is 19.3 Å². The number of rotatable bonds is 6. The molecule has 0 heterocycles. The van der Waals surface area contributed by atoms with E-state index in [9.17, 15) is 0 Å². The molecule has 2 saturated carbocycles. The topological polar surface area (TPSA) is 47.3 Å². The molecule has 2 fully saturated rings. The standard InChI is InChI=1S/C13H26N2O/c14-10-11-4-3-7-13(11)15-8-9-16-12-5-1-2-6-12/h11-13,15H,1-10,14H2. The Bertz CT molecular complexity index is 192. The third-order valence-corrected chi connectivity index (χ3v) is 4.13. The Morgan fingerprint density at radius 1 is 1.06 bits per heavy atom. The van der Waals surface area contributed by atoms with Crippen molar-refractivity contribution in [1.82, 2.24) is 5.32 Å². The number of hydrogen-bond donors (Lipinski definition) is 2. The number of nitrogens with two attached hydrogens (primary N) is 1. The smallest absolute Gasteiger partial charge is 0.0594 e. The van der Waals surface area contributed by atoms with Crippen molar-refractivity contribution in [3.05, 3.63) is 0 Å². The van der Waals surface area contributed by atoms with Crippen LogP contribution in [0, 0.1) is 5.92 Å². The minimum atomic E-state index is 0.552. The molecule has 0 spiro atoms. The normalized spacial score (nSPS) is 31.3. The maximum Gasteiger partial charge on any atom is 0.0594 e.